The molecular formula is C24H30N4O6. The number of ether oxygens (including phenoxy) is 2. The maximum atomic E-state index is 13.0. The van der Waals surface area contributed by atoms with Gasteiger partial charge in [-0.15, -0.1) is 0 Å². The Morgan fingerprint density at radius 3 is 2.32 bits per heavy atom. The summed E-state index contributed by atoms with van der Waals surface area (Å²) in [6.45, 7) is 3.33. The van der Waals surface area contributed by atoms with E-state index >= 15 is 0 Å². The molecule has 1 heterocycles. The molecular weight excluding hydrogens is 440 g/mol. The van der Waals surface area contributed by atoms with E-state index < -0.39 is 0 Å². The standard InChI is InChI=1S/C24H30N4O6/c1-16-4-5-17(22(30)25-8-13-29)14-20(16)26-24(32)28-11-9-27(10-12-28)23(31)19-7-6-18(33-2)15-21(19)34-3/h4-7,14-15,29H,8-13H2,1-3H3,(H,25,30)(H,26,32). The van der Waals surface area contributed by atoms with E-state index in [0.29, 0.717) is 54.5 Å². The number of piperazine rings is 1. The molecule has 0 aromatic heterocycles. The predicted molar refractivity (Wildman–Crippen MR) is 127 cm³/mol. The number of aryl methyl sites for hydroxylation is 1. The number of carbonyl (C=O) groups is 3. The van der Waals surface area contributed by atoms with Gasteiger partial charge in [-0.1, -0.05) is 6.07 Å². The van der Waals surface area contributed by atoms with Gasteiger partial charge in [0.2, 0.25) is 0 Å². The first-order valence-electron chi connectivity index (χ1n) is 10.9. The fourth-order valence-electron chi connectivity index (χ4n) is 3.62. The lowest BCUT2D eigenvalue weighted by Crippen LogP contribution is -2.51. The van der Waals surface area contributed by atoms with E-state index in [2.05, 4.69) is 10.6 Å². The lowest BCUT2D eigenvalue weighted by Gasteiger charge is -2.35. The van der Waals surface area contributed by atoms with Crippen LogP contribution in [0.4, 0.5) is 10.5 Å². The highest BCUT2D eigenvalue weighted by molar-refractivity contribution is 5.98. The Morgan fingerprint density at radius 2 is 1.68 bits per heavy atom. The summed E-state index contributed by atoms with van der Waals surface area (Å²) in [6.07, 6.45) is 0. The highest BCUT2D eigenvalue weighted by Crippen LogP contribution is 2.26. The molecule has 1 saturated heterocycles. The number of aliphatic hydroxyl groups excluding tert-OH is 1. The average Bonchev–Trinajstić information content (AvgIpc) is 2.87. The van der Waals surface area contributed by atoms with Gasteiger partial charge in [-0.3, -0.25) is 9.59 Å². The summed E-state index contributed by atoms with van der Waals surface area (Å²) in [5.41, 5.74) is 2.17. The minimum Gasteiger partial charge on any atom is -0.497 e. The van der Waals surface area contributed by atoms with Crippen molar-refractivity contribution in [3.8, 4) is 11.5 Å². The normalized spacial score (nSPS) is 13.3. The molecule has 0 unspecified atom stereocenters. The van der Waals surface area contributed by atoms with Crippen LogP contribution in [0.1, 0.15) is 26.3 Å². The Kier molecular flexibility index (Phi) is 8.31. The molecule has 3 rings (SSSR count). The van der Waals surface area contributed by atoms with E-state index in [1.54, 1.807) is 53.3 Å². The molecule has 182 valence electrons. The number of nitrogens with zero attached hydrogens (tertiary/aromatic N) is 2. The number of rotatable bonds is 7. The number of carbonyl (C=O) groups excluding carboxylic acids is 3. The maximum absolute atomic E-state index is 13.0. The van der Waals surface area contributed by atoms with Gasteiger partial charge in [-0.05, 0) is 36.8 Å². The highest BCUT2D eigenvalue weighted by Gasteiger charge is 2.27. The molecule has 0 radical (unpaired) electrons. The largest absolute Gasteiger partial charge is 0.497 e. The second-order valence-electron chi connectivity index (χ2n) is 7.78. The molecule has 10 nitrogen and oxygen atoms in total. The second-order valence-corrected chi connectivity index (χ2v) is 7.78. The first kappa shape index (κ1) is 24.8. The van der Waals surface area contributed by atoms with Crippen LogP contribution in [0.5, 0.6) is 11.5 Å². The summed E-state index contributed by atoms with van der Waals surface area (Å²) >= 11 is 0. The summed E-state index contributed by atoms with van der Waals surface area (Å²) in [6, 6.07) is 9.77. The Balaban J connectivity index is 1.61. The first-order chi connectivity index (χ1) is 16.4. The lowest BCUT2D eigenvalue weighted by atomic mass is 10.1. The predicted octanol–water partition coefficient (Wildman–Crippen LogP) is 1.72. The number of benzene rings is 2. The van der Waals surface area contributed by atoms with E-state index in [1.807, 2.05) is 6.92 Å². The van der Waals surface area contributed by atoms with Crippen LogP contribution in [0, 0.1) is 6.92 Å². The summed E-state index contributed by atoms with van der Waals surface area (Å²) in [5, 5.41) is 14.3. The minimum atomic E-state index is -0.328. The number of hydrogen-bond acceptors (Lipinski definition) is 6. The van der Waals surface area contributed by atoms with Crippen LogP contribution >= 0.6 is 0 Å². The molecule has 0 aliphatic carbocycles. The van der Waals surface area contributed by atoms with Gasteiger partial charge in [-0.25, -0.2) is 4.79 Å². The zero-order chi connectivity index (χ0) is 24.7. The molecule has 0 atom stereocenters. The van der Waals surface area contributed by atoms with Crippen molar-refractivity contribution in [1.29, 1.82) is 0 Å². The average molecular weight is 471 g/mol. The molecule has 0 bridgehead atoms. The number of methoxy groups -OCH3 is 2. The quantitative estimate of drug-likeness (QED) is 0.567. The van der Waals surface area contributed by atoms with E-state index in [1.165, 1.54) is 7.11 Å². The van der Waals surface area contributed by atoms with Crippen LogP contribution in [-0.4, -0.2) is 86.3 Å². The fraction of sp³-hybridized carbons (Fsp3) is 0.375. The molecule has 2 aromatic carbocycles. The molecule has 2 aromatic rings. The number of hydrogen-bond donors (Lipinski definition) is 3. The van der Waals surface area contributed by atoms with Gasteiger partial charge in [-0.2, -0.15) is 0 Å². The third-order valence-corrected chi connectivity index (χ3v) is 5.63. The molecule has 4 amide bonds. The van der Waals surface area contributed by atoms with E-state index in [9.17, 15) is 14.4 Å². The van der Waals surface area contributed by atoms with Crippen LogP contribution in [-0.2, 0) is 0 Å². The third-order valence-electron chi connectivity index (χ3n) is 5.63. The monoisotopic (exact) mass is 470 g/mol. The SMILES string of the molecule is COc1ccc(C(=O)N2CCN(C(=O)Nc3cc(C(=O)NCCO)ccc3C)CC2)c(OC)c1. The van der Waals surface area contributed by atoms with Crippen molar-refractivity contribution in [2.45, 2.75) is 6.92 Å². The Labute approximate surface area is 198 Å². The zero-order valence-corrected chi connectivity index (χ0v) is 19.6. The first-order valence-corrected chi connectivity index (χ1v) is 10.9. The van der Waals surface area contributed by atoms with E-state index in [0.717, 1.165) is 5.56 Å². The summed E-state index contributed by atoms with van der Waals surface area (Å²) in [5.74, 6) is 0.533. The van der Waals surface area contributed by atoms with Crippen molar-refractivity contribution in [2.75, 3.05) is 58.9 Å². The fourth-order valence-corrected chi connectivity index (χ4v) is 3.62. The van der Waals surface area contributed by atoms with Crippen LogP contribution in [0.3, 0.4) is 0 Å². The number of aliphatic hydroxyl groups is 1. The number of nitrogens with one attached hydrogen (secondary N) is 2. The molecule has 1 fully saturated rings. The molecule has 0 saturated carbocycles. The van der Waals surface area contributed by atoms with Crippen LogP contribution in [0.2, 0.25) is 0 Å². The van der Waals surface area contributed by atoms with Crippen molar-refractivity contribution in [3.63, 3.8) is 0 Å². The van der Waals surface area contributed by atoms with Crippen molar-refractivity contribution < 1.29 is 29.0 Å². The number of anilines is 1. The molecule has 34 heavy (non-hydrogen) atoms. The van der Waals surface area contributed by atoms with E-state index in [4.69, 9.17) is 14.6 Å². The van der Waals surface area contributed by atoms with Gasteiger partial charge in [0.1, 0.15) is 11.5 Å². The second kappa shape index (κ2) is 11.4. The van der Waals surface area contributed by atoms with Crippen LogP contribution < -0.4 is 20.1 Å². The van der Waals surface area contributed by atoms with Crippen LogP contribution in [0.15, 0.2) is 36.4 Å². The molecule has 1 aliphatic heterocycles. The van der Waals surface area contributed by atoms with Gasteiger partial charge in [0, 0.05) is 50.0 Å². The van der Waals surface area contributed by atoms with Crippen LogP contribution in [0.25, 0.3) is 0 Å². The van der Waals surface area contributed by atoms with Crippen molar-refractivity contribution in [3.05, 3.63) is 53.1 Å². The Bertz CT molecular complexity index is 1050. The van der Waals surface area contributed by atoms with Gasteiger partial charge in [0.25, 0.3) is 11.8 Å². The zero-order valence-electron chi connectivity index (χ0n) is 19.6. The maximum Gasteiger partial charge on any atom is 0.321 e. The van der Waals surface area contributed by atoms with Gasteiger partial charge >= 0.3 is 6.03 Å². The summed E-state index contributed by atoms with van der Waals surface area (Å²) in [7, 11) is 3.05. The summed E-state index contributed by atoms with van der Waals surface area (Å²) < 4.78 is 10.5. The van der Waals surface area contributed by atoms with Gasteiger partial charge in [0.05, 0.1) is 26.4 Å². The van der Waals surface area contributed by atoms with Crippen molar-refractivity contribution in [1.82, 2.24) is 15.1 Å². The minimum absolute atomic E-state index is 0.152. The van der Waals surface area contributed by atoms with Crippen molar-refractivity contribution >= 4 is 23.5 Å². The third kappa shape index (κ3) is 5.76. The van der Waals surface area contributed by atoms with Gasteiger partial charge in [0.15, 0.2) is 0 Å². The Hall–Kier alpha value is -3.79. The molecule has 10 heteroatoms. The Morgan fingerprint density at radius 1 is 0.971 bits per heavy atom. The summed E-state index contributed by atoms with van der Waals surface area (Å²) in [4.78, 5) is 41.3. The van der Waals surface area contributed by atoms with E-state index in [-0.39, 0.29) is 31.0 Å². The topological polar surface area (TPSA) is 120 Å². The molecule has 0 spiro atoms. The number of urea groups is 1. The van der Waals surface area contributed by atoms with Crippen molar-refractivity contribution in [2.24, 2.45) is 0 Å². The smallest absolute Gasteiger partial charge is 0.321 e. The van der Waals surface area contributed by atoms with Gasteiger partial charge < -0.3 is 35.0 Å². The highest BCUT2D eigenvalue weighted by atomic mass is 16.5. The number of amides is 4. The molecule has 1 aliphatic rings. The molecule has 3 N–H and O–H groups in total. The lowest BCUT2D eigenvalue weighted by molar-refractivity contribution is 0.0668.